The van der Waals surface area contributed by atoms with Crippen molar-refractivity contribution in [3.05, 3.63) is 63.1 Å². The molecule has 17 heavy (non-hydrogen) atoms. The molecule has 0 amide bonds. The van der Waals surface area contributed by atoms with Crippen LogP contribution in [0.3, 0.4) is 0 Å². The molecular weight excluding hydrogens is 298 g/mol. The van der Waals surface area contributed by atoms with Crippen molar-refractivity contribution in [1.29, 1.82) is 0 Å². The number of hydrogen-bond donors (Lipinski definition) is 1. The number of benzene rings is 2. The Bertz CT molecular complexity index is 525. The fourth-order valence-corrected chi connectivity index (χ4v) is 2.07. The maximum absolute atomic E-state index is 6.05. The molecule has 2 aromatic rings. The summed E-state index contributed by atoms with van der Waals surface area (Å²) in [6.45, 7) is 2.87. The standard InChI is InChI=1S/C14H13BrClN/c1-10-4-2-3-5-14(10)17-9-11-6-7-12(15)13(16)8-11/h2-8,17H,9H2,1H3. The maximum Gasteiger partial charge on any atom is 0.0551 e. The molecule has 0 atom stereocenters. The first-order chi connectivity index (χ1) is 8.16. The molecule has 0 unspecified atom stereocenters. The van der Waals surface area contributed by atoms with Crippen LogP contribution in [0, 0.1) is 6.92 Å². The van der Waals surface area contributed by atoms with E-state index >= 15 is 0 Å². The molecule has 0 aliphatic rings. The van der Waals surface area contributed by atoms with Crippen LogP contribution in [0.15, 0.2) is 46.9 Å². The highest BCUT2D eigenvalue weighted by atomic mass is 79.9. The number of rotatable bonds is 3. The molecular formula is C14H13BrClN. The molecule has 0 bridgehead atoms. The molecule has 0 fully saturated rings. The lowest BCUT2D eigenvalue weighted by Crippen LogP contribution is -2.00. The molecule has 1 N–H and O–H groups in total. The number of anilines is 1. The molecule has 0 aromatic heterocycles. The Hall–Kier alpha value is -0.990. The molecule has 88 valence electrons. The van der Waals surface area contributed by atoms with Gasteiger partial charge in [-0.1, -0.05) is 35.9 Å². The smallest absolute Gasteiger partial charge is 0.0551 e. The van der Waals surface area contributed by atoms with Crippen molar-refractivity contribution in [2.45, 2.75) is 13.5 Å². The van der Waals surface area contributed by atoms with Crippen molar-refractivity contribution in [3.8, 4) is 0 Å². The summed E-state index contributed by atoms with van der Waals surface area (Å²) in [7, 11) is 0. The lowest BCUT2D eigenvalue weighted by atomic mass is 10.2. The van der Waals surface area contributed by atoms with Crippen LogP contribution in [0.4, 0.5) is 5.69 Å². The lowest BCUT2D eigenvalue weighted by molar-refractivity contribution is 1.14. The Morgan fingerprint density at radius 3 is 2.65 bits per heavy atom. The molecule has 0 saturated heterocycles. The van der Waals surface area contributed by atoms with Crippen LogP contribution in [0.1, 0.15) is 11.1 Å². The Morgan fingerprint density at radius 2 is 1.94 bits per heavy atom. The summed E-state index contributed by atoms with van der Waals surface area (Å²) in [4.78, 5) is 0. The zero-order valence-corrected chi connectivity index (χ0v) is 11.8. The summed E-state index contributed by atoms with van der Waals surface area (Å²) in [5, 5.41) is 4.15. The van der Waals surface area contributed by atoms with E-state index < -0.39 is 0 Å². The summed E-state index contributed by atoms with van der Waals surface area (Å²) in [6.07, 6.45) is 0. The SMILES string of the molecule is Cc1ccccc1NCc1ccc(Br)c(Cl)c1. The molecule has 0 spiro atoms. The maximum atomic E-state index is 6.05. The molecule has 0 radical (unpaired) electrons. The van der Waals surface area contributed by atoms with Crippen molar-refractivity contribution in [2.24, 2.45) is 0 Å². The number of hydrogen-bond acceptors (Lipinski definition) is 1. The van der Waals surface area contributed by atoms with Crippen molar-refractivity contribution in [1.82, 2.24) is 0 Å². The van der Waals surface area contributed by atoms with Crippen molar-refractivity contribution in [2.75, 3.05) is 5.32 Å². The number of aryl methyl sites for hydroxylation is 1. The Balaban J connectivity index is 2.08. The van der Waals surface area contributed by atoms with Gasteiger partial charge in [0.1, 0.15) is 0 Å². The highest BCUT2D eigenvalue weighted by Gasteiger charge is 2.00. The van der Waals surface area contributed by atoms with Gasteiger partial charge in [-0.15, -0.1) is 0 Å². The molecule has 1 nitrogen and oxygen atoms in total. The quantitative estimate of drug-likeness (QED) is 0.839. The van der Waals surface area contributed by atoms with Crippen LogP contribution >= 0.6 is 27.5 Å². The van der Waals surface area contributed by atoms with Crippen LogP contribution in [0.2, 0.25) is 5.02 Å². The van der Waals surface area contributed by atoms with Gasteiger partial charge in [-0.05, 0) is 52.2 Å². The minimum Gasteiger partial charge on any atom is -0.381 e. The minimum absolute atomic E-state index is 0.745. The Morgan fingerprint density at radius 1 is 1.18 bits per heavy atom. The third-order valence-corrected chi connectivity index (χ3v) is 3.84. The van der Waals surface area contributed by atoms with Crippen molar-refractivity contribution in [3.63, 3.8) is 0 Å². The third kappa shape index (κ3) is 3.24. The van der Waals surface area contributed by atoms with E-state index in [1.165, 1.54) is 11.1 Å². The minimum atomic E-state index is 0.745. The van der Waals surface area contributed by atoms with E-state index in [-0.39, 0.29) is 0 Å². The van der Waals surface area contributed by atoms with Crippen LogP contribution in [0.5, 0.6) is 0 Å². The number of para-hydroxylation sites is 1. The van der Waals surface area contributed by atoms with Gasteiger partial charge in [0.15, 0.2) is 0 Å². The lowest BCUT2D eigenvalue weighted by Gasteiger charge is -2.09. The molecule has 0 saturated carbocycles. The van der Waals surface area contributed by atoms with Gasteiger partial charge in [0.25, 0.3) is 0 Å². The average molecular weight is 311 g/mol. The first kappa shape index (κ1) is 12.5. The first-order valence-corrected chi connectivity index (χ1v) is 6.57. The summed E-state index contributed by atoms with van der Waals surface area (Å²) in [5.41, 5.74) is 3.57. The van der Waals surface area contributed by atoms with Gasteiger partial charge < -0.3 is 5.32 Å². The fourth-order valence-electron chi connectivity index (χ4n) is 1.62. The highest BCUT2D eigenvalue weighted by molar-refractivity contribution is 9.10. The molecule has 3 heteroatoms. The first-order valence-electron chi connectivity index (χ1n) is 5.40. The summed E-state index contributed by atoms with van der Waals surface area (Å²) >= 11 is 9.44. The predicted octanol–water partition coefficient (Wildman–Crippen LogP) is 5.02. The van der Waals surface area contributed by atoms with Crippen molar-refractivity contribution < 1.29 is 0 Å². The largest absolute Gasteiger partial charge is 0.381 e. The van der Waals surface area contributed by atoms with Crippen molar-refractivity contribution >= 4 is 33.2 Å². The second kappa shape index (κ2) is 5.56. The topological polar surface area (TPSA) is 12.0 Å². The fraction of sp³-hybridized carbons (Fsp3) is 0.143. The monoisotopic (exact) mass is 309 g/mol. The molecule has 2 aromatic carbocycles. The van der Waals surface area contributed by atoms with Crippen LogP contribution in [0.25, 0.3) is 0 Å². The Kier molecular flexibility index (Phi) is 4.08. The average Bonchev–Trinajstić information content (AvgIpc) is 2.32. The zero-order valence-electron chi connectivity index (χ0n) is 9.50. The van der Waals surface area contributed by atoms with Gasteiger partial charge in [-0.2, -0.15) is 0 Å². The van der Waals surface area contributed by atoms with E-state index in [2.05, 4.69) is 46.4 Å². The molecule has 2 rings (SSSR count). The van der Waals surface area contributed by atoms with Gasteiger partial charge in [0.2, 0.25) is 0 Å². The van der Waals surface area contributed by atoms with Crippen LogP contribution < -0.4 is 5.32 Å². The van der Waals surface area contributed by atoms with E-state index in [9.17, 15) is 0 Å². The van der Waals surface area contributed by atoms with E-state index in [4.69, 9.17) is 11.6 Å². The molecule has 0 heterocycles. The summed E-state index contributed by atoms with van der Waals surface area (Å²) < 4.78 is 0.929. The van der Waals surface area contributed by atoms with Gasteiger partial charge in [-0.3, -0.25) is 0 Å². The summed E-state index contributed by atoms with van der Waals surface area (Å²) in [5.74, 6) is 0. The van der Waals surface area contributed by atoms with E-state index in [0.717, 1.165) is 21.7 Å². The van der Waals surface area contributed by atoms with Gasteiger partial charge in [0, 0.05) is 16.7 Å². The van der Waals surface area contributed by atoms with E-state index in [1.54, 1.807) is 0 Å². The Labute approximate surface area is 115 Å². The molecule has 0 aliphatic carbocycles. The van der Waals surface area contributed by atoms with E-state index in [0.29, 0.717) is 0 Å². The number of nitrogens with one attached hydrogen (secondary N) is 1. The van der Waals surface area contributed by atoms with Gasteiger partial charge >= 0.3 is 0 Å². The van der Waals surface area contributed by atoms with E-state index in [1.807, 2.05) is 24.3 Å². The second-order valence-electron chi connectivity index (χ2n) is 3.92. The normalized spacial score (nSPS) is 10.3. The van der Waals surface area contributed by atoms with Gasteiger partial charge in [-0.25, -0.2) is 0 Å². The number of halogens is 2. The third-order valence-electron chi connectivity index (χ3n) is 2.61. The second-order valence-corrected chi connectivity index (χ2v) is 5.18. The zero-order chi connectivity index (χ0) is 12.3. The summed E-state index contributed by atoms with van der Waals surface area (Å²) in [6, 6.07) is 14.2. The predicted molar refractivity (Wildman–Crippen MR) is 77.7 cm³/mol. The van der Waals surface area contributed by atoms with Crippen LogP contribution in [-0.4, -0.2) is 0 Å². The molecule has 0 aliphatic heterocycles. The van der Waals surface area contributed by atoms with Gasteiger partial charge in [0.05, 0.1) is 5.02 Å². The van der Waals surface area contributed by atoms with Crippen LogP contribution in [-0.2, 0) is 6.54 Å². The highest BCUT2D eigenvalue weighted by Crippen LogP contribution is 2.24.